The van der Waals surface area contributed by atoms with Gasteiger partial charge in [-0.15, -0.1) is 0 Å². The molecule has 0 bridgehead atoms. The number of anilines is 1. The minimum Gasteiger partial charge on any atom is -0.461 e. The summed E-state index contributed by atoms with van der Waals surface area (Å²) in [4.78, 5) is 24.9. The van der Waals surface area contributed by atoms with Crippen LogP contribution in [0.25, 0.3) is 5.69 Å². The minimum absolute atomic E-state index is 0.0155. The van der Waals surface area contributed by atoms with Crippen molar-refractivity contribution in [3.63, 3.8) is 0 Å². The van der Waals surface area contributed by atoms with Crippen LogP contribution >= 0.6 is 11.6 Å². The van der Waals surface area contributed by atoms with Crippen LogP contribution in [0.3, 0.4) is 0 Å². The number of hydrogen-bond donors (Lipinski definition) is 1. The second kappa shape index (κ2) is 8.37. The van der Waals surface area contributed by atoms with Gasteiger partial charge in [0.15, 0.2) is 5.69 Å². The summed E-state index contributed by atoms with van der Waals surface area (Å²) in [6.45, 7) is 1.88. The van der Waals surface area contributed by atoms with Crippen LogP contribution in [-0.2, 0) is 4.74 Å². The van der Waals surface area contributed by atoms with E-state index in [4.69, 9.17) is 21.6 Å². The molecule has 1 heterocycles. The van der Waals surface area contributed by atoms with E-state index in [1.807, 2.05) is 6.07 Å². The molecule has 1 amide bonds. The number of rotatable bonds is 5. The molecule has 0 aliphatic carbocycles. The molecular formula is C20H15ClN4O3. The van der Waals surface area contributed by atoms with E-state index in [9.17, 15) is 9.59 Å². The number of amides is 1. The number of esters is 1. The maximum absolute atomic E-state index is 12.8. The van der Waals surface area contributed by atoms with Crippen molar-refractivity contribution < 1.29 is 14.3 Å². The highest BCUT2D eigenvalue weighted by Crippen LogP contribution is 2.18. The first kappa shape index (κ1) is 19.1. The van der Waals surface area contributed by atoms with Crippen molar-refractivity contribution >= 4 is 29.2 Å². The molecule has 140 valence electrons. The van der Waals surface area contributed by atoms with Crippen LogP contribution in [0.5, 0.6) is 0 Å². The van der Waals surface area contributed by atoms with Gasteiger partial charge in [0.25, 0.3) is 5.91 Å². The molecule has 8 heteroatoms. The van der Waals surface area contributed by atoms with Crippen molar-refractivity contribution in [2.45, 2.75) is 6.92 Å². The molecule has 1 aromatic heterocycles. The Morgan fingerprint density at radius 2 is 1.86 bits per heavy atom. The number of nitrogens with one attached hydrogen (secondary N) is 1. The fourth-order valence-corrected chi connectivity index (χ4v) is 2.58. The van der Waals surface area contributed by atoms with Crippen molar-refractivity contribution in [2.75, 3.05) is 11.9 Å². The zero-order valence-corrected chi connectivity index (χ0v) is 15.6. The maximum atomic E-state index is 12.8. The maximum Gasteiger partial charge on any atom is 0.358 e. The standard InChI is InChI=1S/C20H15ClN4O3/c1-2-28-20(27)17-11-18(25(24-17)16-9-5-14(21)6-10-16)19(26)23-15-7-3-13(12-22)4-8-15/h3-11H,2H2,1H3,(H,23,26). The first-order valence-electron chi connectivity index (χ1n) is 8.36. The molecule has 7 nitrogen and oxygen atoms in total. The number of carbonyl (C=O) groups is 2. The van der Waals surface area contributed by atoms with Crippen molar-refractivity contribution in [1.82, 2.24) is 9.78 Å². The van der Waals surface area contributed by atoms with Gasteiger partial charge in [0.2, 0.25) is 0 Å². The summed E-state index contributed by atoms with van der Waals surface area (Å²) >= 11 is 5.92. The highest BCUT2D eigenvalue weighted by Gasteiger charge is 2.21. The normalized spacial score (nSPS) is 10.2. The summed E-state index contributed by atoms with van der Waals surface area (Å²) in [5.74, 6) is -1.09. The van der Waals surface area contributed by atoms with Gasteiger partial charge in [-0.25, -0.2) is 9.48 Å². The van der Waals surface area contributed by atoms with Gasteiger partial charge in [-0.05, 0) is 55.5 Å². The van der Waals surface area contributed by atoms with Gasteiger partial charge in [-0.2, -0.15) is 10.4 Å². The molecule has 2 aromatic carbocycles. The molecular weight excluding hydrogens is 380 g/mol. The van der Waals surface area contributed by atoms with E-state index < -0.39 is 11.9 Å². The first-order chi connectivity index (χ1) is 13.5. The molecule has 28 heavy (non-hydrogen) atoms. The van der Waals surface area contributed by atoms with E-state index >= 15 is 0 Å². The molecule has 0 atom stereocenters. The van der Waals surface area contributed by atoms with Crippen molar-refractivity contribution in [3.05, 3.63) is 76.6 Å². The number of halogens is 1. The van der Waals surface area contributed by atoms with Gasteiger partial charge < -0.3 is 10.1 Å². The number of hydrogen-bond acceptors (Lipinski definition) is 5. The number of carbonyl (C=O) groups excluding carboxylic acids is 2. The monoisotopic (exact) mass is 394 g/mol. The zero-order valence-electron chi connectivity index (χ0n) is 14.8. The fraction of sp³-hybridized carbons (Fsp3) is 0.100. The first-order valence-corrected chi connectivity index (χ1v) is 8.74. The number of ether oxygens (including phenoxy) is 1. The van der Waals surface area contributed by atoms with Crippen LogP contribution in [0.15, 0.2) is 54.6 Å². The SMILES string of the molecule is CCOC(=O)c1cc(C(=O)Nc2ccc(C#N)cc2)n(-c2ccc(Cl)cc2)n1. The second-order valence-corrected chi connectivity index (χ2v) is 6.10. The third-order valence-corrected chi connectivity index (χ3v) is 4.02. The van der Waals surface area contributed by atoms with Crippen LogP contribution < -0.4 is 5.32 Å². The molecule has 0 aliphatic heterocycles. The van der Waals surface area contributed by atoms with Gasteiger partial charge in [-0.3, -0.25) is 4.79 Å². The largest absolute Gasteiger partial charge is 0.461 e. The summed E-state index contributed by atoms with van der Waals surface area (Å²) < 4.78 is 6.33. The second-order valence-electron chi connectivity index (χ2n) is 5.67. The Hall–Kier alpha value is -3.63. The summed E-state index contributed by atoms with van der Waals surface area (Å²) in [6, 6.07) is 16.5. The lowest BCUT2D eigenvalue weighted by Crippen LogP contribution is -2.17. The average Bonchev–Trinajstić information content (AvgIpc) is 3.15. The molecule has 3 rings (SSSR count). The highest BCUT2D eigenvalue weighted by atomic mass is 35.5. The van der Waals surface area contributed by atoms with Gasteiger partial charge in [0.1, 0.15) is 5.69 Å². The molecule has 0 radical (unpaired) electrons. The Labute approximate surface area is 166 Å². The molecule has 0 saturated carbocycles. The van der Waals surface area contributed by atoms with E-state index in [1.165, 1.54) is 10.7 Å². The molecule has 0 fully saturated rings. The fourth-order valence-electron chi connectivity index (χ4n) is 2.45. The topological polar surface area (TPSA) is 97.0 Å². The van der Waals surface area contributed by atoms with Gasteiger partial charge >= 0.3 is 5.97 Å². The summed E-state index contributed by atoms with van der Waals surface area (Å²) in [6.07, 6.45) is 0. The molecule has 0 spiro atoms. The van der Waals surface area contributed by atoms with E-state index in [0.717, 1.165) is 0 Å². The smallest absolute Gasteiger partial charge is 0.358 e. The summed E-state index contributed by atoms with van der Waals surface area (Å²) in [7, 11) is 0. The number of benzene rings is 2. The molecule has 0 aliphatic rings. The minimum atomic E-state index is -0.623. The number of aromatic nitrogens is 2. The van der Waals surface area contributed by atoms with E-state index in [-0.39, 0.29) is 18.0 Å². The predicted octanol–water partition coefficient (Wildman–Crippen LogP) is 3.83. The van der Waals surface area contributed by atoms with E-state index in [2.05, 4.69) is 10.4 Å². The van der Waals surface area contributed by atoms with Crippen LogP contribution in [0, 0.1) is 11.3 Å². The van der Waals surface area contributed by atoms with Gasteiger partial charge in [0, 0.05) is 16.8 Å². The van der Waals surface area contributed by atoms with Gasteiger partial charge in [-0.1, -0.05) is 11.6 Å². The third-order valence-electron chi connectivity index (χ3n) is 3.77. The zero-order chi connectivity index (χ0) is 20.1. The lowest BCUT2D eigenvalue weighted by Gasteiger charge is -2.08. The Bertz CT molecular complexity index is 1050. The Balaban J connectivity index is 1.96. The average molecular weight is 395 g/mol. The Morgan fingerprint density at radius 1 is 1.18 bits per heavy atom. The lowest BCUT2D eigenvalue weighted by atomic mass is 10.2. The van der Waals surface area contributed by atoms with E-state index in [1.54, 1.807) is 55.5 Å². The molecule has 1 N–H and O–H groups in total. The summed E-state index contributed by atoms with van der Waals surface area (Å²) in [5, 5.41) is 16.3. The van der Waals surface area contributed by atoms with Gasteiger partial charge in [0.05, 0.1) is 23.9 Å². The van der Waals surface area contributed by atoms with Crippen LogP contribution in [0.1, 0.15) is 33.5 Å². The van der Waals surface area contributed by atoms with E-state index in [0.29, 0.717) is 22.0 Å². The quantitative estimate of drug-likeness (QED) is 0.663. The molecule has 3 aromatic rings. The van der Waals surface area contributed by atoms with Crippen LogP contribution in [-0.4, -0.2) is 28.3 Å². The highest BCUT2D eigenvalue weighted by molar-refractivity contribution is 6.30. The Kier molecular flexibility index (Phi) is 5.72. The lowest BCUT2D eigenvalue weighted by molar-refractivity contribution is 0.0519. The molecule has 0 unspecified atom stereocenters. The predicted molar refractivity (Wildman–Crippen MR) is 104 cm³/mol. The summed E-state index contributed by atoms with van der Waals surface area (Å²) in [5.41, 5.74) is 1.71. The van der Waals surface area contributed by atoms with Crippen molar-refractivity contribution in [2.24, 2.45) is 0 Å². The van der Waals surface area contributed by atoms with Crippen LogP contribution in [0.2, 0.25) is 5.02 Å². The molecule has 0 saturated heterocycles. The Morgan fingerprint density at radius 3 is 2.46 bits per heavy atom. The number of nitrogens with zero attached hydrogens (tertiary/aromatic N) is 3. The van der Waals surface area contributed by atoms with Crippen molar-refractivity contribution in [3.8, 4) is 11.8 Å². The van der Waals surface area contributed by atoms with Crippen LogP contribution in [0.4, 0.5) is 5.69 Å². The van der Waals surface area contributed by atoms with Crippen molar-refractivity contribution in [1.29, 1.82) is 5.26 Å². The number of nitriles is 1. The third kappa shape index (κ3) is 4.19.